The maximum atomic E-state index is 6.11. The predicted octanol–water partition coefficient (Wildman–Crippen LogP) is 4.76. The van der Waals surface area contributed by atoms with Crippen LogP contribution in [0.1, 0.15) is 57.4 Å². The van der Waals surface area contributed by atoms with Crippen molar-refractivity contribution in [3.05, 3.63) is 28.8 Å². The van der Waals surface area contributed by atoms with Crippen LogP contribution in [0.25, 0.3) is 0 Å². The first-order chi connectivity index (χ1) is 9.70. The van der Waals surface area contributed by atoms with E-state index in [0.717, 1.165) is 36.8 Å². The number of piperidine rings is 1. The second-order valence-corrected chi connectivity index (χ2v) is 6.21. The zero-order valence-electron chi connectivity index (χ0n) is 12.6. The van der Waals surface area contributed by atoms with E-state index in [9.17, 15) is 0 Å². The molecule has 2 rings (SSSR count). The van der Waals surface area contributed by atoms with Crippen molar-refractivity contribution < 1.29 is 4.74 Å². The van der Waals surface area contributed by atoms with Crippen molar-refractivity contribution in [3.8, 4) is 5.75 Å². The van der Waals surface area contributed by atoms with Gasteiger partial charge in [0.1, 0.15) is 5.75 Å². The summed E-state index contributed by atoms with van der Waals surface area (Å²) in [5.41, 5.74) is 1.23. The minimum absolute atomic E-state index is 0.483. The summed E-state index contributed by atoms with van der Waals surface area (Å²) in [6, 6.07) is 6.60. The SMILES string of the molecule is CCC(C)c1cc(Cl)ccc1OCCC1CCCCN1. The van der Waals surface area contributed by atoms with E-state index < -0.39 is 0 Å². The van der Waals surface area contributed by atoms with Crippen molar-refractivity contribution >= 4 is 11.6 Å². The minimum Gasteiger partial charge on any atom is -0.493 e. The minimum atomic E-state index is 0.483. The van der Waals surface area contributed by atoms with Gasteiger partial charge in [0, 0.05) is 11.1 Å². The van der Waals surface area contributed by atoms with Crippen LogP contribution >= 0.6 is 11.6 Å². The molecule has 1 aromatic rings. The smallest absolute Gasteiger partial charge is 0.122 e. The third-order valence-corrected chi connectivity index (χ3v) is 4.49. The van der Waals surface area contributed by atoms with Crippen LogP contribution < -0.4 is 10.1 Å². The quantitative estimate of drug-likeness (QED) is 0.816. The standard InChI is InChI=1S/C17H26ClNO/c1-3-13(2)16-12-14(18)7-8-17(16)20-11-9-15-6-4-5-10-19-15/h7-8,12-13,15,19H,3-6,9-11H2,1-2H3. The molecule has 2 unspecified atom stereocenters. The lowest BCUT2D eigenvalue weighted by Gasteiger charge is -2.24. The highest BCUT2D eigenvalue weighted by Gasteiger charge is 2.14. The third-order valence-electron chi connectivity index (χ3n) is 4.25. The Labute approximate surface area is 127 Å². The number of rotatable bonds is 6. The molecule has 20 heavy (non-hydrogen) atoms. The summed E-state index contributed by atoms with van der Waals surface area (Å²) in [6.07, 6.45) is 6.12. The Bertz CT molecular complexity index is 415. The highest BCUT2D eigenvalue weighted by Crippen LogP contribution is 2.31. The Kier molecular flexibility index (Phi) is 6.18. The molecular formula is C17H26ClNO. The lowest BCUT2D eigenvalue weighted by atomic mass is 9.97. The topological polar surface area (TPSA) is 21.3 Å². The van der Waals surface area contributed by atoms with Crippen LogP contribution in [0.15, 0.2) is 18.2 Å². The molecule has 0 aromatic heterocycles. The zero-order chi connectivity index (χ0) is 14.4. The van der Waals surface area contributed by atoms with Gasteiger partial charge >= 0.3 is 0 Å². The van der Waals surface area contributed by atoms with Gasteiger partial charge in [0.15, 0.2) is 0 Å². The Morgan fingerprint density at radius 1 is 1.40 bits per heavy atom. The summed E-state index contributed by atoms with van der Waals surface area (Å²) in [7, 11) is 0. The highest BCUT2D eigenvalue weighted by atomic mass is 35.5. The van der Waals surface area contributed by atoms with Crippen LogP contribution in [-0.2, 0) is 0 Å². The fourth-order valence-electron chi connectivity index (χ4n) is 2.74. The monoisotopic (exact) mass is 295 g/mol. The molecule has 1 saturated heterocycles. The van der Waals surface area contributed by atoms with Gasteiger partial charge in [-0.3, -0.25) is 0 Å². The number of nitrogens with one attached hydrogen (secondary N) is 1. The fraction of sp³-hybridized carbons (Fsp3) is 0.647. The largest absolute Gasteiger partial charge is 0.493 e. The van der Waals surface area contributed by atoms with E-state index in [4.69, 9.17) is 16.3 Å². The van der Waals surface area contributed by atoms with Gasteiger partial charge in [0.2, 0.25) is 0 Å². The third kappa shape index (κ3) is 4.39. The number of benzene rings is 1. The molecule has 2 atom stereocenters. The molecule has 0 radical (unpaired) electrons. The fourth-order valence-corrected chi connectivity index (χ4v) is 2.92. The van der Waals surface area contributed by atoms with Gasteiger partial charge < -0.3 is 10.1 Å². The van der Waals surface area contributed by atoms with Gasteiger partial charge in [0.25, 0.3) is 0 Å². The molecule has 1 N–H and O–H groups in total. The lowest BCUT2D eigenvalue weighted by molar-refractivity contribution is 0.265. The molecule has 2 nitrogen and oxygen atoms in total. The Hall–Kier alpha value is -0.730. The highest BCUT2D eigenvalue weighted by molar-refractivity contribution is 6.30. The first-order valence-electron chi connectivity index (χ1n) is 7.86. The van der Waals surface area contributed by atoms with E-state index in [1.54, 1.807) is 0 Å². The molecule has 0 spiro atoms. The average Bonchev–Trinajstić information content (AvgIpc) is 2.49. The van der Waals surface area contributed by atoms with E-state index in [1.807, 2.05) is 18.2 Å². The summed E-state index contributed by atoms with van der Waals surface area (Å²) in [4.78, 5) is 0. The molecule has 0 aliphatic carbocycles. The summed E-state index contributed by atoms with van der Waals surface area (Å²) < 4.78 is 6.02. The van der Waals surface area contributed by atoms with Crippen LogP contribution in [0, 0.1) is 0 Å². The van der Waals surface area contributed by atoms with Crippen molar-refractivity contribution in [2.75, 3.05) is 13.2 Å². The molecule has 0 bridgehead atoms. The first kappa shape index (κ1) is 15.7. The first-order valence-corrected chi connectivity index (χ1v) is 8.24. The van der Waals surface area contributed by atoms with Crippen molar-refractivity contribution in [2.24, 2.45) is 0 Å². The van der Waals surface area contributed by atoms with Crippen LogP contribution in [0.4, 0.5) is 0 Å². The molecular weight excluding hydrogens is 270 g/mol. The van der Waals surface area contributed by atoms with Crippen LogP contribution in [-0.4, -0.2) is 19.2 Å². The molecule has 1 aromatic carbocycles. The van der Waals surface area contributed by atoms with E-state index >= 15 is 0 Å². The predicted molar refractivity (Wildman–Crippen MR) is 85.9 cm³/mol. The summed E-state index contributed by atoms with van der Waals surface area (Å²) in [6.45, 7) is 6.36. The van der Waals surface area contributed by atoms with Gasteiger partial charge in [-0.25, -0.2) is 0 Å². The normalized spacial score (nSPS) is 20.6. The Morgan fingerprint density at radius 2 is 2.25 bits per heavy atom. The summed E-state index contributed by atoms with van der Waals surface area (Å²) in [5.74, 6) is 1.48. The molecule has 3 heteroatoms. The van der Waals surface area contributed by atoms with E-state index in [2.05, 4.69) is 19.2 Å². The van der Waals surface area contributed by atoms with Crippen LogP contribution in [0.5, 0.6) is 5.75 Å². The summed E-state index contributed by atoms with van der Waals surface area (Å²) >= 11 is 6.11. The second-order valence-electron chi connectivity index (χ2n) is 5.78. The number of hydrogen-bond donors (Lipinski definition) is 1. The van der Waals surface area contributed by atoms with Gasteiger partial charge in [-0.05, 0) is 61.9 Å². The number of halogens is 1. The zero-order valence-corrected chi connectivity index (χ0v) is 13.4. The van der Waals surface area contributed by atoms with E-state index in [-0.39, 0.29) is 0 Å². The molecule has 0 saturated carbocycles. The summed E-state index contributed by atoms with van der Waals surface area (Å²) in [5, 5.41) is 4.36. The second kappa shape index (κ2) is 7.90. The van der Waals surface area contributed by atoms with Gasteiger partial charge in [-0.15, -0.1) is 0 Å². The lowest BCUT2D eigenvalue weighted by Crippen LogP contribution is -2.35. The maximum absolute atomic E-state index is 6.11. The van der Waals surface area contributed by atoms with Gasteiger partial charge in [-0.2, -0.15) is 0 Å². The maximum Gasteiger partial charge on any atom is 0.122 e. The number of ether oxygens (including phenoxy) is 1. The Morgan fingerprint density at radius 3 is 2.95 bits per heavy atom. The van der Waals surface area contributed by atoms with Crippen molar-refractivity contribution in [2.45, 2.75) is 57.9 Å². The van der Waals surface area contributed by atoms with Crippen molar-refractivity contribution in [1.29, 1.82) is 0 Å². The Balaban J connectivity index is 1.91. The molecule has 1 fully saturated rings. The molecule has 1 aliphatic heterocycles. The van der Waals surface area contributed by atoms with Crippen molar-refractivity contribution in [1.82, 2.24) is 5.32 Å². The molecule has 0 amide bonds. The molecule has 1 heterocycles. The molecule has 112 valence electrons. The van der Waals surface area contributed by atoms with Gasteiger partial charge in [-0.1, -0.05) is 31.9 Å². The van der Waals surface area contributed by atoms with E-state index in [0.29, 0.717) is 12.0 Å². The number of hydrogen-bond acceptors (Lipinski definition) is 2. The van der Waals surface area contributed by atoms with E-state index in [1.165, 1.54) is 24.8 Å². The van der Waals surface area contributed by atoms with Crippen molar-refractivity contribution in [3.63, 3.8) is 0 Å². The average molecular weight is 296 g/mol. The van der Waals surface area contributed by atoms with Gasteiger partial charge in [0.05, 0.1) is 6.61 Å². The molecule has 1 aliphatic rings. The van der Waals surface area contributed by atoms with Crippen LogP contribution in [0.3, 0.4) is 0 Å². The van der Waals surface area contributed by atoms with Crippen LogP contribution in [0.2, 0.25) is 5.02 Å².